The minimum Gasteiger partial charge on any atom is -0.384 e. The van der Waals surface area contributed by atoms with Crippen molar-refractivity contribution in [3.63, 3.8) is 0 Å². The van der Waals surface area contributed by atoms with Crippen LogP contribution in [0.4, 0.5) is 0 Å². The number of rotatable bonds is 9. The van der Waals surface area contributed by atoms with Gasteiger partial charge in [-0.3, -0.25) is 0 Å². The molecule has 0 atom stereocenters. The smallest absolute Gasteiger partial charge is 0.240 e. The lowest BCUT2D eigenvalue weighted by atomic mass is 10.2. The molecule has 7 heteroatoms. The topological polar surface area (TPSA) is 67.4 Å². The maximum absolute atomic E-state index is 12.0. The van der Waals surface area contributed by atoms with E-state index in [1.54, 1.807) is 19.2 Å². The molecule has 20 heavy (non-hydrogen) atoms. The molecule has 0 bridgehead atoms. The summed E-state index contributed by atoms with van der Waals surface area (Å²) in [5.74, 6) is 0. The van der Waals surface area contributed by atoms with Gasteiger partial charge in [-0.05, 0) is 30.7 Å². The number of nitrogens with one attached hydrogen (secondary N) is 2. The third kappa shape index (κ3) is 6.67. The third-order valence-electron chi connectivity index (χ3n) is 2.67. The van der Waals surface area contributed by atoms with E-state index in [1.807, 2.05) is 19.1 Å². The van der Waals surface area contributed by atoms with Crippen LogP contribution in [0.2, 0.25) is 0 Å². The second kappa shape index (κ2) is 10.1. The second-order valence-corrected chi connectivity index (χ2v) is 5.91. The minimum atomic E-state index is -3.40. The predicted molar refractivity (Wildman–Crippen MR) is 83.0 cm³/mol. The monoisotopic (exact) mass is 322 g/mol. The number of hydrogen-bond acceptors (Lipinski definition) is 4. The van der Waals surface area contributed by atoms with E-state index in [-0.39, 0.29) is 12.4 Å². The van der Waals surface area contributed by atoms with E-state index < -0.39 is 10.0 Å². The SMILES string of the molecule is CCNCCNS(=O)(=O)c1ccc(CCOC)cc1.Cl. The number of benzene rings is 1. The molecule has 0 spiro atoms. The summed E-state index contributed by atoms with van der Waals surface area (Å²) in [7, 11) is -1.75. The van der Waals surface area contributed by atoms with Gasteiger partial charge in [0.2, 0.25) is 10.0 Å². The number of likely N-dealkylation sites (N-methyl/N-ethyl adjacent to an activating group) is 1. The Kier molecular flexibility index (Phi) is 9.79. The molecule has 0 heterocycles. The van der Waals surface area contributed by atoms with E-state index in [2.05, 4.69) is 10.0 Å². The van der Waals surface area contributed by atoms with E-state index in [0.717, 1.165) is 18.5 Å². The Morgan fingerprint density at radius 2 is 1.80 bits per heavy atom. The lowest BCUT2D eigenvalue weighted by Gasteiger charge is -2.08. The molecule has 1 aromatic rings. The Bertz CT molecular complexity index is 463. The summed E-state index contributed by atoms with van der Waals surface area (Å²) in [6.07, 6.45) is 0.782. The first kappa shape index (κ1) is 19.3. The molecule has 2 N–H and O–H groups in total. The average Bonchev–Trinajstić information content (AvgIpc) is 2.42. The number of methoxy groups -OCH3 is 1. The summed E-state index contributed by atoms with van der Waals surface area (Å²) in [6, 6.07) is 6.89. The van der Waals surface area contributed by atoms with Crippen LogP contribution in [0.5, 0.6) is 0 Å². The molecule has 0 amide bonds. The number of halogens is 1. The van der Waals surface area contributed by atoms with Crippen molar-refractivity contribution in [1.82, 2.24) is 10.0 Å². The van der Waals surface area contributed by atoms with Crippen molar-refractivity contribution in [2.24, 2.45) is 0 Å². The van der Waals surface area contributed by atoms with Crippen molar-refractivity contribution in [3.8, 4) is 0 Å². The van der Waals surface area contributed by atoms with Crippen molar-refractivity contribution >= 4 is 22.4 Å². The lowest BCUT2D eigenvalue weighted by molar-refractivity contribution is 0.202. The molecule has 0 aliphatic rings. The highest BCUT2D eigenvalue weighted by Crippen LogP contribution is 2.10. The quantitative estimate of drug-likeness (QED) is 0.670. The highest BCUT2D eigenvalue weighted by Gasteiger charge is 2.12. The molecule has 5 nitrogen and oxygen atoms in total. The maximum atomic E-state index is 12.0. The zero-order valence-electron chi connectivity index (χ0n) is 11.9. The Labute approximate surface area is 127 Å². The molecule has 0 aliphatic carbocycles. The normalized spacial score (nSPS) is 11.1. The Hall–Kier alpha value is -0.660. The first-order valence-corrected chi connectivity index (χ1v) is 7.86. The Balaban J connectivity index is 0.00000361. The molecule has 0 aromatic heterocycles. The summed E-state index contributed by atoms with van der Waals surface area (Å²) < 4.78 is 31.5. The summed E-state index contributed by atoms with van der Waals surface area (Å²) in [4.78, 5) is 0.296. The standard InChI is InChI=1S/C13H22N2O3S.ClH/c1-3-14-9-10-15-19(16,17)13-6-4-12(5-7-13)8-11-18-2;/h4-7,14-15H,3,8-11H2,1-2H3;1H. The van der Waals surface area contributed by atoms with Gasteiger partial charge in [-0.15, -0.1) is 12.4 Å². The first-order chi connectivity index (χ1) is 9.10. The van der Waals surface area contributed by atoms with Gasteiger partial charge in [-0.1, -0.05) is 19.1 Å². The van der Waals surface area contributed by atoms with Crippen LogP contribution in [-0.4, -0.2) is 41.8 Å². The molecule has 0 unspecified atom stereocenters. The maximum Gasteiger partial charge on any atom is 0.240 e. The third-order valence-corrected chi connectivity index (χ3v) is 4.15. The fourth-order valence-corrected chi connectivity index (χ4v) is 2.62. The lowest BCUT2D eigenvalue weighted by Crippen LogP contribution is -2.31. The zero-order chi connectivity index (χ0) is 14.1. The van der Waals surface area contributed by atoms with E-state index in [0.29, 0.717) is 24.6 Å². The molecule has 0 aliphatic heterocycles. The number of hydrogen-bond donors (Lipinski definition) is 2. The van der Waals surface area contributed by atoms with Crippen LogP contribution in [0.1, 0.15) is 12.5 Å². The summed E-state index contributed by atoms with van der Waals surface area (Å²) in [6.45, 7) is 4.46. The fourth-order valence-electron chi connectivity index (χ4n) is 1.59. The van der Waals surface area contributed by atoms with Gasteiger partial charge >= 0.3 is 0 Å². The van der Waals surface area contributed by atoms with Crippen LogP contribution >= 0.6 is 12.4 Å². The highest BCUT2D eigenvalue weighted by molar-refractivity contribution is 7.89. The number of ether oxygens (including phenoxy) is 1. The summed E-state index contributed by atoms with van der Waals surface area (Å²) in [5, 5.41) is 3.06. The van der Waals surface area contributed by atoms with Gasteiger partial charge in [-0.2, -0.15) is 0 Å². The van der Waals surface area contributed by atoms with Gasteiger partial charge in [-0.25, -0.2) is 13.1 Å². The predicted octanol–water partition coefficient (Wildman–Crippen LogP) is 1.19. The van der Waals surface area contributed by atoms with Crippen LogP contribution in [0.3, 0.4) is 0 Å². The van der Waals surface area contributed by atoms with E-state index in [9.17, 15) is 8.42 Å². The van der Waals surface area contributed by atoms with Gasteiger partial charge in [0.25, 0.3) is 0 Å². The van der Waals surface area contributed by atoms with Crippen molar-refractivity contribution in [2.45, 2.75) is 18.2 Å². The van der Waals surface area contributed by atoms with Crippen LogP contribution in [-0.2, 0) is 21.2 Å². The molecule has 1 aromatic carbocycles. The highest BCUT2D eigenvalue weighted by atomic mass is 35.5. The first-order valence-electron chi connectivity index (χ1n) is 6.38. The molecule has 0 saturated carbocycles. The van der Waals surface area contributed by atoms with Gasteiger partial charge in [0.1, 0.15) is 0 Å². The summed E-state index contributed by atoms with van der Waals surface area (Å²) >= 11 is 0. The molecule has 116 valence electrons. The summed E-state index contributed by atoms with van der Waals surface area (Å²) in [5.41, 5.74) is 1.06. The van der Waals surface area contributed by atoms with Crippen LogP contribution in [0, 0.1) is 0 Å². The molecule has 0 radical (unpaired) electrons. The van der Waals surface area contributed by atoms with Crippen molar-refractivity contribution in [1.29, 1.82) is 0 Å². The van der Waals surface area contributed by atoms with Crippen molar-refractivity contribution in [3.05, 3.63) is 29.8 Å². The Morgan fingerprint density at radius 1 is 1.15 bits per heavy atom. The molecule has 1 rings (SSSR count). The molecule has 0 saturated heterocycles. The fraction of sp³-hybridized carbons (Fsp3) is 0.538. The molecular weight excluding hydrogens is 300 g/mol. The van der Waals surface area contributed by atoms with Gasteiger partial charge < -0.3 is 10.1 Å². The van der Waals surface area contributed by atoms with Crippen molar-refractivity contribution < 1.29 is 13.2 Å². The van der Waals surface area contributed by atoms with E-state index in [1.165, 1.54) is 0 Å². The Morgan fingerprint density at radius 3 is 2.35 bits per heavy atom. The van der Waals surface area contributed by atoms with Crippen LogP contribution < -0.4 is 10.0 Å². The van der Waals surface area contributed by atoms with Crippen LogP contribution in [0.25, 0.3) is 0 Å². The second-order valence-electron chi connectivity index (χ2n) is 4.14. The van der Waals surface area contributed by atoms with Gasteiger partial charge in [0, 0.05) is 20.2 Å². The van der Waals surface area contributed by atoms with Gasteiger partial charge in [0.05, 0.1) is 11.5 Å². The van der Waals surface area contributed by atoms with Gasteiger partial charge in [0.15, 0.2) is 0 Å². The largest absolute Gasteiger partial charge is 0.384 e. The van der Waals surface area contributed by atoms with E-state index in [4.69, 9.17) is 4.74 Å². The molecule has 0 fully saturated rings. The zero-order valence-corrected chi connectivity index (χ0v) is 13.5. The minimum absolute atomic E-state index is 0. The van der Waals surface area contributed by atoms with Crippen molar-refractivity contribution in [2.75, 3.05) is 33.4 Å². The van der Waals surface area contributed by atoms with Crippen LogP contribution in [0.15, 0.2) is 29.2 Å². The average molecular weight is 323 g/mol. The van der Waals surface area contributed by atoms with E-state index >= 15 is 0 Å². The number of sulfonamides is 1. The molecular formula is C13H23ClN2O3S.